The predicted molar refractivity (Wildman–Crippen MR) is 95.4 cm³/mol. The second-order valence-electron chi connectivity index (χ2n) is 6.26. The second-order valence-corrected chi connectivity index (χ2v) is 6.26. The molecule has 1 aromatic heterocycles. The first-order valence-corrected chi connectivity index (χ1v) is 8.14. The van der Waals surface area contributed by atoms with Crippen LogP contribution in [0.2, 0.25) is 0 Å². The largest absolute Gasteiger partial charge is 0.339 e. The first-order chi connectivity index (χ1) is 11.1. The predicted octanol–water partition coefficient (Wildman–Crippen LogP) is 1.77. The van der Waals surface area contributed by atoms with Crippen molar-refractivity contribution >= 4 is 30.7 Å². The maximum absolute atomic E-state index is 12.8. The second kappa shape index (κ2) is 10.3. The molecule has 1 saturated heterocycles. The van der Waals surface area contributed by atoms with Gasteiger partial charge in [0.25, 0.3) is 0 Å². The third-order valence-corrected chi connectivity index (χ3v) is 4.46. The lowest BCUT2D eigenvalue weighted by molar-refractivity contribution is -0.132. The van der Waals surface area contributed by atoms with Crippen molar-refractivity contribution < 1.29 is 13.6 Å². The van der Waals surface area contributed by atoms with E-state index in [4.69, 9.17) is 0 Å². The van der Waals surface area contributed by atoms with E-state index in [1.165, 1.54) is 25.2 Å². The average molecular weight is 400 g/mol. The third-order valence-electron chi connectivity index (χ3n) is 4.46. The molecular weight excluding hydrogens is 375 g/mol. The van der Waals surface area contributed by atoms with Crippen LogP contribution < -0.4 is 5.32 Å². The highest BCUT2D eigenvalue weighted by molar-refractivity contribution is 5.85. The number of carbonyl (C=O) groups excluding carboxylic acids is 1. The minimum Gasteiger partial charge on any atom is -0.339 e. The molecule has 6 nitrogen and oxygen atoms in total. The van der Waals surface area contributed by atoms with Gasteiger partial charge < -0.3 is 10.2 Å². The van der Waals surface area contributed by atoms with E-state index in [0.29, 0.717) is 45.1 Å². The number of nitrogens with one attached hydrogen (secondary N) is 1. The molecule has 1 aliphatic heterocycles. The van der Waals surface area contributed by atoms with E-state index in [-0.39, 0.29) is 30.7 Å². The number of halogens is 4. The van der Waals surface area contributed by atoms with Gasteiger partial charge in [0.15, 0.2) is 0 Å². The van der Waals surface area contributed by atoms with E-state index in [1.54, 1.807) is 0 Å². The Kier molecular flexibility index (Phi) is 9.06. The van der Waals surface area contributed by atoms with Gasteiger partial charge in [-0.1, -0.05) is 0 Å². The van der Waals surface area contributed by atoms with Crippen LogP contribution in [0.25, 0.3) is 0 Å². The van der Waals surface area contributed by atoms with E-state index in [9.17, 15) is 13.6 Å². The molecule has 3 rings (SSSR count). The number of piperazine rings is 1. The lowest BCUT2D eigenvalue weighted by Crippen LogP contribution is -2.50. The summed E-state index contributed by atoms with van der Waals surface area (Å²) in [6, 6.07) is 0. The zero-order valence-electron chi connectivity index (χ0n) is 13.9. The van der Waals surface area contributed by atoms with E-state index >= 15 is 0 Å². The number of imidazole rings is 1. The highest BCUT2D eigenvalue weighted by Crippen LogP contribution is 2.27. The molecule has 2 aliphatic rings. The van der Waals surface area contributed by atoms with Crippen molar-refractivity contribution in [2.24, 2.45) is 5.92 Å². The van der Waals surface area contributed by atoms with Crippen LogP contribution in [0.15, 0.2) is 12.4 Å². The molecule has 2 heterocycles. The van der Waals surface area contributed by atoms with Crippen LogP contribution in [-0.2, 0) is 11.3 Å². The molecule has 0 aromatic carbocycles. The molecule has 1 aliphatic carbocycles. The van der Waals surface area contributed by atoms with Crippen molar-refractivity contribution in [3.63, 3.8) is 0 Å². The first-order valence-electron chi connectivity index (χ1n) is 8.14. The fraction of sp³-hybridized carbons (Fsp3) is 0.733. The normalized spacial score (nSPS) is 18.0. The van der Waals surface area contributed by atoms with Gasteiger partial charge in [-0.05, 0) is 25.3 Å². The maximum atomic E-state index is 12.8. The molecule has 1 N–H and O–H groups in total. The number of carbonyl (C=O) groups is 1. The number of amides is 1. The van der Waals surface area contributed by atoms with E-state index in [1.807, 2.05) is 4.90 Å². The molecule has 0 atom stereocenters. The summed E-state index contributed by atoms with van der Waals surface area (Å²) in [6.07, 6.45) is 5.24. The molecule has 1 amide bonds. The summed E-state index contributed by atoms with van der Waals surface area (Å²) in [5.74, 6) is 1.25. The van der Waals surface area contributed by atoms with Gasteiger partial charge >= 0.3 is 6.55 Å². The highest BCUT2D eigenvalue weighted by atomic mass is 35.5. The minimum atomic E-state index is -2.56. The standard InChI is InChI=1S/C15H23F2N5O.2ClH/c16-15(17)22-4-3-19-13(22)11-20-5-7-21(8-6-20)14(23)10-18-9-12-1-2-12;;/h3-4,12,15,18H,1-2,5-11H2;2*1H. The molecule has 0 spiro atoms. The van der Waals surface area contributed by atoms with Crippen molar-refractivity contribution in [3.05, 3.63) is 18.2 Å². The number of rotatable bonds is 7. The van der Waals surface area contributed by atoms with Gasteiger partial charge in [-0.2, -0.15) is 8.78 Å². The van der Waals surface area contributed by atoms with Gasteiger partial charge in [0, 0.05) is 38.6 Å². The van der Waals surface area contributed by atoms with Crippen LogP contribution in [0.1, 0.15) is 25.2 Å². The Labute approximate surface area is 158 Å². The Morgan fingerprint density at radius 1 is 1.24 bits per heavy atom. The molecule has 0 unspecified atom stereocenters. The minimum absolute atomic E-state index is 0. The molecule has 0 radical (unpaired) electrons. The Morgan fingerprint density at radius 2 is 1.92 bits per heavy atom. The number of nitrogens with zero attached hydrogens (tertiary/aromatic N) is 4. The molecule has 10 heteroatoms. The molecule has 2 fully saturated rings. The summed E-state index contributed by atoms with van der Waals surface area (Å²) in [5, 5.41) is 3.21. The monoisotopic (exact) mass is 399 g/mol. The van der Waals surface area contributed by atoms with Crippen LogP contribution in [0.4, 0.5) is 8.78 Å². The number of hydrogen-bond donors (Lipinski definition) is 1. The molecule has 25 heavy (non-hydrogen) atoms. The van der Waals surface area contributed by atoms with Gasteiger partial charge in [0.1, 0.15) is 5.82 Å². The summed E-state index contributed by atoms with van der Waals surface area (Å²) in [5.41, 5.74) is 0. The molecular formula is C15H25Cl2F2N5O. The van der Waals surface area contributed by atoms with Crippen molar-refractivity contribution in [1.82, 2.24) is 24.7 Å². The van der Waals surface area contributed by atoms with Gasteiger partial charge in [-0.25, -0.2) is 4.98 Å². The third kappa shape index (κ3) is 6.36. The van der Waals surface area contributed by atoms with Gasteiger partial charge in [0.05, 0.1) is 13.1 Å². The SMILES string of the molecule is Cl.Cl.O=C(CNCC1CC1)N1CCN(Cc2nccn2C(F)F)CC1. The van der Waals surface area contributed by atoms with Gasteiger partial charge in [-0.3, -0.25) is 14.3 Å². The van der Waals surface area contributed by atoms with Crippen molar-refractivity contribution in [3.8, 4) is 0 Å². The average Bonchev–Trinajstić information content (AvgIpc) is 3.24. The van der Waals surface area contributed by atoms with Gasteiger partial charge in [0.2, 0.25) is 5.91 Å². The summed E-state index contributed by atoms with van der Waals surface area (Å²) in [4.78, 5) is 20.0. The molecule has 1 saturated carbocycles. The van der Waals surface area contributed by atoms with E-state index < -0.39 is 6.55 Å². The first kappa shape index (κ1) is 22.1. The molecule has 0 bridgehead atoms. The van der Waals surface area contributed by atoms with E-state index in [0.717, 1.165) is 17.0 Å². The summed E-state index contributed by atoms with van der Waals surface area (Å²) in [7, 11) is 0. The van der Waals surface area contributed by atoms with Crippen LogP contribution in [0.3, 0.4) is 0 Å². The molecule has 1 aromatic rings. The lowest BCUT2D eigenvalue weighted by atomic mass is 10.3. The Morgan fingerprint density at radius 3 is 2.52 bits per heavy atom. The fourth-order valence-corrected chi connectivity index (χ4v) is 2.82. The summed E-state index contributed by atoms with van der Waals surface area (Å²) >= 11 is 0. The topological polar surface area (TPSA) is 53.4 Å². The molecule has 144 valence electrons. The van der Waals surface area contributed by atoms with Crippen LogP contribution in [-0.4, -0.2) is 64.5 Å². The quantitative estimate of drug-likeness (QED) is 0.758. The van der Waals surface area contributed by atoms with Crippen LogP contribution in [0, 0.1) is 5.92 Å². The summed E-state index contributed by atoms with van der Waals surface area (Å²) < 4.78 is 26.5. The number of alkyl halides is 2. The number of aromatic nitrogens is 2. The fourth-order valence-electron chi connectivity index (χ4n) is 2.82. The lowest BCUT2D eigenvalue weighted by Gasteiger charge is -2.34. The zero-order chi connectivity index (χ0) is 16.2. The Balaban J connectivity index is 0.00000156. The van der Waals surface area contributed by atoms with Gasteiger partial charge in [-0.15, -0.1) is 24.8 Å². The van der Waals surface area contributed by atoms with Crippen molar-refractivity contribution in [2.45, 2.75) is 25.9 Å². The van der Waals surface area contributed by atoms with Crippen molar-refractivity contribution in [1.29, 1.82) is 0 Å². The van der Waals surface area contributed by atoms with Crippen LogP contribution in [0.5, 0.6) is 0 Å². The number of hydrogen-bond acceptors (Lipinski definition) is 4. The maximum Gasteiger partial charge on any atom is 0.319 e. The van der Waals surface area contributed by atoms with Crippen molar-refractivity contribution in [2.75, 3.05) is 39.3 Å². The zero-order valence-corrected chi connectivity index (χ0v) is 15.6. The highest BCUT2D eigenvalue weighted by Gasteiger charge is 2.24. The Hall–Kier alpha value is -0.960. The smallest absolute Gasteiger partial charge is 0.319 e. The Bertz CT molecular complexity index is 534. The van der Waals surface area contributed by atoms with Crippen LogP contribution >= 0.6 is 24.8 Å². The summed E-state index contributed by atoms with van der Waals surface area (Å²) in [6.45, 7) is 1.80. The van der Waals surface area contributed by atoms with E-state index in [2.05, 4.69) is 15.2 Å².